The topological polar surface area (TPSA) is 71.5 Å². The van der Waals surface area contributed by atoms with E-state index in [0.717, 1.165) is 5.56 Å². The van der Waals surface area contributed by atoms with Crippen molar-refractivity contribution in [2.24, 2.45) is 0 Å². The van der Waals surface area contributed by atoms with E-state index in [9.17, 15) is 23.1 Å². The maximum Gasteiger partial charge on any atom is 0.422 e. The first-order valence-electron chi connectivity index (χ1n) is 8.43. The predicted octanol–water partition coefficient (Wildman–Crippen LogP) is 3.19. The minimum atomic E-state index is -4.48. The van der Waals surface area contributed by atoms with E-state index < -0.39 is 30.8 Å². The Balaban J connectivity index is 1.93. The summed E-state index contributed by atoms with van der Waals surface area (Å²) < 4.78 is 41.9. The van der Waals surface area contributed by atoms with Gasteiger partial charge in [-0.1, -0.05) is 30.3 Å². The van der Waals surface area contributed by atoms with Gasteiger partial charge in [0, 0.05) is 6.20 Å². The molecule has 0 fully saturated rings. The predicted molar refractivity (Wildman–Crippen MR) is 93.1 cm³/mol. The number of nitrogens with zero attached hydrogens (tertiary/aromatic N) is 1. The van der Waals surface area contributed by atoms with Crippen LogP contribution < -0.4 is 10.1 Å². The Morgan fingerprint density at radius 3 is 2.59 bits per heavy atom. The minimum Gasteiger partial charge on any atom is -0.482 e. The molecule has 0 saturated carbocycles. The van der Waals surface area contributed by atoms with Gasteiger partial charge in [0.2, 0.25) is 5.91 Å². The van der Waals surface area contributed by atoms with Gasteiger partial charge in [-0.15, -0.1) is 0 Å². The third-order valence-electron chi connectivity index (χ3n) is 3.81. The molecular formula is C19H21F3N2O3. The van der Waals surface area contributed by atoms with Crippen LogP contribution in [0.3, 0.4) is 0 Å². The van der Waals surface area contributed by atoms with Crippen molar-refractivity contribution in [1.29, 1.82) is 0 Å². The number of pyridine rings is 1. The summed E-state index contributed by atoms with van der Waals surface area (Å²) in [6.07, 6.45) is -3.58. The van der Waals surface area contributed by atoms with Gasteiger partial charge in [-0.25, -0.2) is 0 Å². The van der Waals surface area contributed by atoms with Crippen LogP contribution >= 0.6 is 0 Å². The van der Waals surface area contributed by atoms with Crippen molar-refractivity contribution in [1.82, 2.24) is 10.3 Å². The average molecular weight is 382 g/mol. The fourth-order valence-electron chi connectivity index (χ4n) is 2.47. The van der Waals surface area contributed by atoms with Crippen LogP contribution in [-0.4, -0.2) is 34.9 Å². The highest BCUT2D eigenvalue weighted by atomic mass is 19.4. The summed E-state index contributed by atoms with van der Waals surface area (Å²) in [6, 6.07) is 11.5. The second kappa shape index (κ2) is 9.36. The summed E-state index contributed by atoms with van der Waals surface area (Å²) in [7, 11) is 0. The van der Waals surface area contributed by atoms with Gasteiger partial charge in [0.1, 0.15) is 17.5 Å². The molecule has 0 bridgehead atoms. The number of amides is 1. The van der Waals surface area contributed by atoms with E-state index in [1.165, 1.54) is 18.3 Å². The van der Waals surface area contributed by atoms with Crippen LogP contribution in [0.1, 0.15) is 30.6 Å². The van der Waals surface area contributed by atoms with Gasteiger partial charge >= 0.3 is 6.18 Å². The summed E-state index contributed by atoms with van der Waals surface area (Å²) in [5.41, 5.74) is 1.15. The number of hydrogen-bond donors (Lipinski definition) is 2. The quantitative estimate of drug-likeness (QED) is 0.736. The van der Waals surface area contributed by atoms with Crippen LogP contribution in [-0.2, 0) is 11.2 Å². The smallest absolute Gasteiger partial charge is 0.422 e. The summed E-state index contributed by atoms with van der Waals surface area (Å²) in [4.78, 5) is 16.2. The number of halogens is 3. The van der Waals surface area contributed by atoms with E-state index >= 15 is 0 Å². The molecule has 0 saturated heterocycles. The van der Waals surface area contributed by atoms with E-state index in [1.807, 2.05) is 30.3 Å². The van der Waals surface area contributed by atoms with E-state index in [4.69, 9.17) is 4.74 Å². The fourth-order valence-corrected chi connectivity index (χ4v) is 2.47. The van der Waals surface area contributed by atoms with Gasteiger partial charge in [0.15, 0.2) is 6.61 Å². The first-order chi connectivity index (χ1) is 12.8. The van der Waals surface area contributed by atoms with Crippen LogP contribution in [0.15, 0.2) is 48.7 Å². The van der Waals surface area contributed by atoms with Crippen LogP contribution in [0.5, 0.6) is 5.75 Å². The van der Waals surface area contributed by atoms with Crippen molar-refractivity contribution in [2.75, 3.05) is 6.61 Å². The molecular weight excluding hydrogens is 361 g/mol. The van der Waals surface area contributed by atoms with Crippen LogP contribution in [0.25, 0.3) is 0 Å². The zero-order chi connectivity index (χ0) is 19.9. The van der Waals surface area contributed by atoms with Crippen molar-refractivity contribution in [3.8, 4) is 5.75 Å². The summed E-state index contributed by atoms with van der Waals surface area (Å²) >= 11 is 0. The highest BCUT2D eigenvalue weighted by Crippen LogP contribution is 2.25. The van der Waals surface area contributed by atoms with Gasteiger partial charge in [0.05, 0.1) is 6.04 Å². The largest absolute Gasteiger partial charge is 0.482 e. The molecule has 0 radical (unpaired) electrons. The molecule has 146 valence electrons. The number of rotatable bonds is 8. The molecule has 0 aliphatic rings. The molecule has 2 N–H and O–H groups in total. The van der Waals surface area contributed by atoms with E-state index in [2.05, 4.69) is 10.3 Å². The maximum absolute atomic E-state index is 12.4. The molecule has 0 aliphatic heterocycles. The molecule has 1 heterocycles. The van der Waals surface area contributed by atoms with Crippen LogP contribution in [0.4, 0.5) is 13.2 Å². The lowest BCUT2D eigenvalue weighted by Crippen LogP contribution is -2.37. The highest BCUT2D eigenvalue weighted by molar-refractivity contribution is 5.80. The summed E-state index contributed by atoms with van der Waals surface area (Å²) in [5, 5.41) is 12.6. The zero-order valence-corrected chi connectivity index (χ0v) is 14.7. The molecule has 2 aromatic rings. The number of alkyl halides is 3. The van der Waals surface area contributed by atoms with Crippen LogP contribution in [0.2, 0.25) is 0 Å². The van der Waals surface area contributed by atoms with Crippen molar-refractivity contribution < 1.29 is 27.8 Å². The van der Waals surface area contributed by atoms with Gasteiger partial charge in [-0.05, 0) is 37.5 Å². The lowest BCUT2D eigenvalue weighted by Gasteiger charge is -2.19. The Bertz CT molecular complexity index is 738. The monoisotopic (exact) mass is 382 g/mol. The first kappa shape index (κ1) is 20.7. The fraction of sp³-hybridized carbons (Fsp3) is 0.368. The van der Waals surface area contributed by atoms with Gasteiger partial charge in [-0.2, -0.15) is 13.2 Å². The molecule has 1 aromatic heterocycles. The molecule has 0 aliphatic carbocycles. The number of nitrogens with one attached hydrogen (secondary N) is 1. The zero-order valence-electron chi connectivity index (χ0n) is 14.7. The highest BCUT2D eigenvalue weighted by Gasteiger charge is 2.29. The summed E-state index contributed by atoms with van der Waals surface area (Å²) in [5.74, 6) is -0.688. The number of carbonyl (C=O) groups is 1. The number of carbonyl (C=O) groups excluding carboxylic acids is 1. The second-order valence-corrected chi connectivity index (χ2v) is 6.06. The molecule has 1 amide bonds. The molecule has 8 heteroatoms. The Morgan fingerprint density at radius 2 is 1.93 bits per heavy atom. The number of hydrogen-bond acceptors (Lipinski definition) is 4. The lowest BCUT2D eigenvalue weighted by atomic mass is 10.1. The van der Waals surface area contributed by atoms with Crippen molar-refractivity contribution in [3.63, 3.8) is 0 Å². The molecule has 0 spiro atoms. The Kier molecular flexibility index (Phi) is 7.18. The Labute approximate surface area is 155 Å². The molecule has 2 atom stereocenters. The van der Waals surface area contributed by atoms with Crippen molar-refractivity contribution in [2.45, 2.75) is 38.1 Å². The molecule has 0 unspecified atom stereocenters. The Morgan fingerprint density at radius 1 is 1.22 bits per heavy atom. The normalized spacial score (nSPS) is 13.7. The van der Waals surface area contributed by atoms with Gasteiger partial charge in [-0.3, -0.25) is 9.78 Å². The number of aromatic nitrogens is 1. The van der Waals surface area contributed by atoms with Gasteiger partial charge in [0.25, 0.3) is 0 Å². The van der Waals surface area contributed by atoms with E-state index in [1.54, 1.807) is 6.92 Å². The van der Waals surface area contributed by atoms with Gasteiger partial charge < -0.3 is 15.2 Å². The number of ether oxygens (including phenoxy) is 1. The first-order valence-corrected chi connectivity index (χ1v) is 8.43. The number of aryl methyl sites for hydroxylation is 1. The average Bonchev–Trinajstić information content (AvgIpc) is 2.64. The molecule has 2 rings (SSSR count). The standard InChI is InChI=1S/C19H21F3N2O3/c1-13(17-16(8-5-11-23-17)27-12-19(20,21)22)24-18(26)15(25)10-9-14-6-3-2-4-7-14/h2-8,11,13,15,25H,9-10,12H2,1H3,(H,24,26)/t13-,15-/m1/s1. The minimum absolute atomic E-state index is 0.0681. The summed E-state index contributed by atoms with van der Waals surface area (Å²) in [6.45, 7) is 0.108. The Hall–Kier alpha value is -2.61. The molecule has 5 nitrogen and oxygen atoms in total. The maximum atomic E-state index is 12.4. The SMILES string of the molecule is C[C@@H](NC(=O)[C@H](O)CCc1ccccc1)c1ncccc1OCC(F)(F)F. The van der Waals surface area contributed by atoms with Crippen molar-refractivity contribution >= 4 is 5.91 Å². The number of benzene rings is 1. The lowest BCUT2D eigenvalue weighted by molar-refractivity contribution is -0.153. The van der Waals surface area contributed by atoms with Crippen molar-refractivity contribution in [3.05, 3.63) is 59.9 Å². The van der Waals surface area contributed by atoms with Crippen LogP contribution in [0, 0.1) is 0 Å². The number of aliphatic hydroxyl groups is 1. The van der Waals surface area contributed by atoms with E-state index in [0.29, 0.717) is 6.42 Å². The van der Waals surface area contributed by atoms with E-state index in [-0.39, 0.29) is 17.9 Å². The third kappa shape index (κ3) is 6.90. The molecule has 1 aromatic carbocycles. The third-order valence-corrected chi connectivity index (χ3v) is 3.81. The second-order valence-electron chi connectivity index (χ2n) is 6.06. The molecule has 27 heavy (non-hydrogen) atoms. The number of aliphatic hydroxyl groups excluding tert-OH is 1.